The maximum Gasteiger partial charge on any atom is 0.309 e. The monoisotopic (exact) mass is 255 g/mol. The van der Waals surface area contributed by atoms with E-state index >= 15 is 0 Å². The van der Waals surface area contributed by atoms with Crippen LogP contribution in [-0.4, -0.2) is 28.0 Å². The van der Waals surface area contributed by atoms with Crippen LogP contribution < -0.4 is 0 Å². The van der Waals surface area contributed by atoms with Crippen molar-refractivity contribution in [2.45, 2.75) is 19.6 Å². The van der Waals surface area contributed by atoms with Gasteiger partial charge >= 0.3 is 5.97 Å². The Morgan fingerprint density at radius 1 is 1.59 bits per heavy atom. The first-order chi connectivity index (χ1) is 8.04. The second kappa shape index (κ2) is 6.49. The van der Waals surface area contributed by atoms with Gasteiger partial charge in [0.1, 0.15) is 0 Å². The van der Waals surface area contributed by atoms with Crippen LogP contribution in [0.4, 0.5) is 0 Å². The van der Waals surface area contributed by atoms with Crippen molar-refractivity contribution in [2.24, 2.45) is 5.92 Å². The molecular formula is C12H17NO3S. The zero-order valence-electron chi connectivity index (χ0n) is 10.3. The molecule has 0 amide bonds. The van der Waals surface area contributed by atoms with Crippen LogP contribution in [0.3, 0.4) is 0 Å². The van der Waals surface area contributed by atoms with Crippen LogP contribution in [0.5, 0.6) is 0 Å². The van der Waals surface area contributed by atoms with Crippen LogP contribution in [-0.2, 0) is 26.1 Å². The largest absolute Gasteiger partial charge is 0.469 e. The topological polar surface area (TPSA) is 56.3 Å². The Balaban J connectivity index is 2.56. The lowest BCUT2D eigenvalue weighted by atomic mass is 10.2. The average molecular weight is 255 g/mol. The first-order valence-electron chi connectivity index (χ1n) is 5.38. The summed E-state index contributed by atoms with van der Waals surface area (Å²) < 4.78 is 16.5. The van der Waals surface area contributed by atoms with Gasteiger partial charge in [0, 0.05) is 22.7 Å². The highest BCUT2D eigenvalue weighted by Gasteiger charge is 2.17. The van der Waals surface area contributed by atoms with Crippen molar-refractivity contribution in [3.8, 4) is 0 Å². The van der Waals surface area contributed by atoms with Gasteiger partial charge in [-0.15, -0.1) is 0 Å². The SMILES string of the molecule is COC(=O)C(C)CS(=O)Cc1ncccc1C. The molecule has 5 heteroatoms. The minimum atomic E-state index is -1.10. The molecule has 0 aromatic carbocycles. The van der Waals surface area contributed by atoms with Crippen molar-refractivity contribution in [3.63, 3.8) is 0 Å². The van der Waals surface area contributed by atoms with Crippen molar-refractivity contribution < 1.29 is 13.7 Å². The highest BCUT2D eigenvalue weighted by atomic mass is 32.2. The van der Waals surface area contributed by atoms with Crippen LogP contribution in [0.15, 0.2) is 18.3 Å². The van der Waals surface area contributed by atoms with E-state index in [9.17, 15) is 9.00 Å². The highest BCUT2D eigenvalue weighted by molar-refractivity contribution is 7.84. The Hall–Kier alpha value is -1.23. The maximum absolute atomic E-state index is 11.9. The minimum absolute atomic E-state index is 0.308. The van der Waals surface area contributed by atoms with E-state index in [1.54, 1.807) is 13.1 Å². The molecular weight excluding hydrogens is 238 g/mol. The van der Waals surface area contributed by atoms with Crippen LogP contribution in [0.25, 0.3) is 0 Å². The Kier molecular flexibility index (Phi) is 5.28. The van der Waals surface area contributed by atoms with Gasteiger partial charge in [-0.2, -0.15) is 0 Å². The summed E-state index contributed by atoms with van der Waals surface area (Å²) in [4.78, 5) is 15.4. The second-order valence-electron chi connectivity index (χ2n) is 3.94. The molecule has 0 aliphatic heterocycles. The Morgan fingerprint density at radius 2 is 2.29 bits per heavy atom. The molecule has 94 valence electrons. The van der Waals surface area contributed by atoms with E-state index in [1.807, 2.05) is 19.1 Å². The molecule has 1 heterocycles. The third-order valence-corrected chi connectivity index (χ3v) is 3.92. The van der Waals surface area contributed by atoms with Gasteiger partial charge < -0.3 is 4.74 Å². The van der Waals surface area contributed by atoms with Crippen molar-refractivity contribution in [1.29, 1.82) is 0 Å². The fourth-order valence-electron chi connectivity index (χ4n) is 1.43. The molecule has 0 spiro atoms. The van der Waals surface area contributed by atoms with Gasteiger partial charge in [0.15, 0.2) is 0 Å². The number of pyridine rings is 1. The average Bonchev–Trinajstić information content (AvgIpc) is 2.31. The molecule has 0 bridgehead atoms. The number of hydrogen-bond acceptors (Lipinski definition) is 4. The van der Waals surface area contributed by atoms with Crippen molar-refractivity contribution in [3.05, 3.63) is 29.6 Å². The van der Waals surface area contributed by atoms with Crippen molar-refractivity contribution in [2.75, 3.05) is 12.9 Å². The summed E-state index contributed by atoms with van der Waals surface area (Å²) >= 11 is 0. The fourth-order valence-corrected chi connectivity index (χ4v) is 2.85. The zero-order chi connectivity index (χ0) is 12.8. The van der Waals surface area contributed by atoms with Gasteiger partial charge in [-0.1, -0.05) is 13.0 Å². The number of aryl methyl sites for hydroxylation is 1. The van der Waals surface area contributed by atoms with E-state index < -0.39 is 10.8 Å². The molecule has 0 N–H and O–H groups in total. The number of carbonyl (C=O) groups excluding carboxylic acids is 1. The normalized spacial score (nSPS) is 14.1. The molecule has 0 aliphatic carbocycles. The lowest BCUT2D eigenvalue weighted by molar-refractivity contribution is -0.144. The van der Waals surface area contributed by atoms with Crippen molar-refractivity contribution in [1.82, 2.24) is 4.98 Å². The van der Waals surface area contributed by atoms with Gasteiger partial charge in [0.2, 0.25) is 0 Å². The molecule has 0 aliphatic rings. The lowest BCUT2D eigenvalue weighted by Crippen LogP contribution is -2.20. The number of methoxy groups -OCH3 is 1. The number of esters is 1. The summed E-state index contributed by atoms with van der Waals surface area (Å²) in [7, 11) is 0.241. The van der Waals surface area contributed by atoms with Gasteiger partial charge in [-0.25, -0.2) is 0 Å². The number of hydrogen-bond donors (Lipinski definition) is 0. The van der Waals surface area contributed by atoms with E-state index in [1.165, 1.54) is 7.11 Å². The Labute approximate surface area is 104 Å². The Bertz CT molecular complexity index is 420. The first kappa shape index (κ1) is 13.8. The fraction of sp³-hybridized carbons (Fsp3) is 0.500. The molecule has 0 fully saturated rings. The summed E-state index contributed by atoms with van der Waals surface area (Å²) in [6.45, 7) is 3.65. The van der Waals surface area contributed by atoms with E-state index in [-0.39, 0.29) is 11.9 Å². The molecule has 2 atom stereocenters. The van der Waals surface area contributed by atoms with Gasteiger partial charge in [0.25, 0.3) is 0 Å². The standard InChI is InChI=1S/C12H17NO3S/c1-9-5-4-6-13-11(9)8-17(15)7-10(2)12(14)16-3/h4-6,10H,7-8H2,1-3H3. The molecule has 2 unspecified atom stereocenters. The maximum atomic E-state index is 11.9. The third kappa shape index (κ3) is 4.26. The predicted octanol–water partition coefficient (Wildman–Crippen LogP) is 1.45. The molecule has 1 rings (SSSR count). The van der Waals surface area contributed by atoms with Crippen LogP contribution >= 0.6 is 0 Å². The third-order valence-electron chi connectivity index (χ3n) is 2.46. The number of ether oxygens (including phenoxy) is 1. The quantitative estimate of drug-likeness (QED) is 0.747. The Morgan fingerprint density at radius 3 is 2.88 bits per heavy atom. The second-order valence-corrected chi connectivity index (χ2v) is 5.44. The highest BCUT2D eigenvalue weighted by Crippen LogP contribution is 2.09. The van der Waals surface area contributed by atoms with Crippen LogP contribution in [0, 0.1) is 12.8 Å². The number of rotatable bonds is 5. The first-order valence-corrected chi connectivity index (χ1v) is 6.86. The molecule has 1 aromatic rings. The molecule has 17 heavy (non-hydrogen) atoms. The molecule has 1 aromatic heterocycles. The summed E-state index contributed by atoms with van der Waals surface area (Å²) in [5.74, 6) is 0.0254. The molecule has 0 saturated carbocycles. The summed E-state index contributed by atoms with van der Waals surface area (Å²) in [6, 6.07) is 3.78. The van der Waals surface area contributed by atoms with E-state index in [4.69, 9.17) is 0 Å². The van der Waals surface area contributed by atoms with Crippen LogP contribution in [0.1, 0.15) is 18.2 Å². The van der Waals surface area contributed by atoms with E-state index in [2.05, 4.69) is 9.72 Å². The van der Waals surface area contributed by atoms with Gasteiger partial charge in [-0.05, 0) is 18.6 Å². The number of carbonyl (C=O) groups is 1. The smallest absolute Gasteiger partial charge is 0.309 e. The molecule has 4 nitrogen and oxygen atoms in total. The molecule has 0 radical (unpaired) electrons. The number of aromatic nitrogens is 1. The van der Waals surface area contributed by atoms with Gasteiger partial charge in [-0.3, -0.25) is 14.0 Å². The minimum Gasteiger partial charge on any atom is -0.469 e. The lowest BCUT2D eigenvalue weighted by Gasteiger charge is -2.09. The van der Waals surface area contributed by atoms with Gasteiger partial charge in [0.05, 0.1) is 24.5 Å². The summed E-state index contributed by atoms with van der Waals surface area (Å²) in [6.07, 6.45) is 1.68. The zero-order valence-corrected chi connectivity index (χ0v) is 11.1. The van der Waals surface area contributed by atoms with Crippen molar-refractivity contribution >= 4 is 16.8 Å². The van der Waals surface area contributed by atoms with Crippen LogP contribution in [0.2, 0.25) is 0 Å². The van der Waals surface area contributed by atoms with E-state index in [0.29, 0.717) is 11.5 Å². The van der Waals surface area contributed by atoms with E-state index in [0.717, 1.165) is 11.3 Å². The number of nitrogens with zero attached hydrogens (tertiary/aromatic N) is 1. The summed E-state index contributed by atoms with van der Waals surface area (Å²) in [5, 5.41) is 0. The molecule has 0 saturated heterocycles. The summed E-state index contributed by atoms with van der Waals surface area (Å²) in [5.41, 5.74) is 1.84. The predicted molar refractivity (Wildman–Crippen MR) is 66.9 cm³/mol.